The zero-order valence-electron chi connectivity index (χ0n) is 16.9. The van der Waals surface area contributed by atoms with E-state index in [1.165, 1.54) is 89.9 Å². The lowest BCUT2D eigenvalue weighted by Gasteiger charge is -2.05. The fourth-order valence-corrected chi connectivity index (χ4v) is 2.98. The van der Waals surface area contributed by atoms with Crippen LogP contribution in [0.3, 0.4) is 0 Å². The maximum absolute atomic E-state index is 11.3. The number of carbonyl (C=O) groups excluding carboxylic acids is 1. The van der Waals surface area contributed by atoms with Gasteiger partial charge in [-0.25, -0.2) is 4.79 Å². The number of rotatable bonds is 18. The van der Waals surface area contributed by atoms with Crippen LogP contribution in [0.1, 0.15) is 117 Å². The maximum Gasteiger partial charge on any atom is 0.336 e. The first-order valence-electron chi connectivity index (χ1n) is 10.7. The minimum absolute atomic E-state index is 0.261. The molecule has 0 aliphatic heterocycles. The molecule has 0 aromatic carbocycles. The molecule has 148 valence electrons. The van der Waals surface area contributed by atoms with Gasteiger partial charge in [0.05, 0.1) is 18.4 Å². The average Bonchev–Trinajstić information content (AvgIpc) is 2.63. The molecule has 0 aromatic heterocycles. The summed E-state index contributed by atoms with van der Waals surface area (Å²) in [4.78, 5) is 11.3. The quantitative estimate of drug-likeness (QED) is 0.122. The predicted octanol–water partition coefficient (Wildman–Crippen LogP) is 7.25. The van der Waals surface area contributed by atoms with Gasteiger partial charge in [0, 0.05) is 0 Å². The summed E-state index contributed by atoms with van der Waals surface area (Å²) in [6.45, 7) is 4.29. The van der Waals surface area contributed by atoms with Crippen molar-refractivity contribution in [2.45, 2.75) is 117 Å². The highest BCUT2D eigenvalue weighted by atomic mass is 16.5. The Morgan fingerprint density at radius 1 is 0.720 bits per heavy atom. The molecule has 0 saturated heterocycles. The number of hydrogen-bond donors (Lipinski definition) is 1. The molecule has 3 heteroatoms. The lowest BCUT2D eigenvalue weighted by atomic mass is 10.0. The van der Waals surface area contributed by atoms with Gasteiger partial charge in [0.1, 0.15) is 0 Å². The summed E-state index contributed by atoms with van der Waals surface area (Å²) in [5, 5.41) is 8.69. The molecule has 0 saturated carbocycles. The molecule has 1 N–H and O–H groups in total. The van der Waals surface area contributed by atoms with Crippen LogP contribution in [-0.2, 0) is 9.53 Å². The van der Waals surface area contributed by atoms with Gasteiger partial charge in [-0.2, -0.15) is 0 Å². The third-order valence-corrected chi connectivity index (χ3v) is 4.75. The zero-order valence-corrected chi connectivity index (χ0v) is 16.9. The van der Waals surface area contributed by atoms with Gasteiger partial charge in [-0.15, -0.1) is 0 Å². The number of aliphatic hydroxyl groups is 1. The van der Waals surface area contributed by atoms with E-state index in [4.69, 9.17) is 9.84 Å². The molecule has 0 unspecified atom stereocenters. The molecule has 0 heterocycles. The standard InChI is InChI=1S/C22H42O3/c1-3-4-5-6-7-8-9-10-11-12-13-14-15-16-17-18-19-25-22(24)21(2)20-23/h20,23H,3-19H2,1-2H3/b21-20+. The van der Waals surface area contributed by atoms with Crippen molar-refractivity contribution in [3.05, 3.63) is 11.8 Å². The Bertz CT molecular complexity index is 323. The first kappa shape index (κ1) is 24.0. The summed E-state index contributed by atoms with van der Waals surface area (Å²) in [5.41, 5.74) is 0.261. The molecule has 0 amide bonds. The van der Waals surface area contributed by atoms with Crippen molar-refractivity contribution < 1.29 is 14.6 Å². The number of unbranched alkanes of at least 4 members (excludes halogenated alkanes) is 15. The first-order chi connectivity index (χ1) is 12.2. The molecule has 0 fully saturated rings. The zero-order chi connectivity index (χ0) is 18.6. The minimum atomic E-state index is -0.413. The van der Waals surface area contributed by atoms with Gasteiger partial charge in [-0.05, 0) is 13.3 Å². The van der Waals surface area contributed by atoms with Gasteiger partial charge in [-0.3, -0.25) is 0 Å². The Kier molecular flexibility index (Phi) is 18.6. The Labute approximate surface area is 156 Å². The van der Waals surface area contributed by atoms with E-state index >= 15 is 0 Å². The molecule has 3 nitrogen and oxygen atoms in total. The summed E-state index contributed by atoms with van der Waals surface area (Å²) < 4.78 is 5.05. The Morgan fingerprint density at radius 2 is 1.08 bits per heavy atom. The van der Waals surface area contributed by atoms with Crippen LogP contribution in [-0.4, -0.2) is 17.7 Å². The topological polar surface area (TPSA) is 46.5 Å². The molecule has 0 atom stereocenters. The van der Waals surface area contributed by atoms with Gasteiger partial charge < -0.3 is 9.84 Å². The molecule has 0 bridgehead atoms. The summed E-state index contributed by atoms with van der Waals surface area (Å²) in [7, 11) is 0. The molecule has 0 aliphatic rings. The van der Waals surface area contributed by atoms with E-state index in [-0.39, 0.29) is 5.57 Å². The van der Waals surface area contributed by atoms with E-state index in [2.05, 4.69) is 6.92 Å². The fourth-order valence-electron chi connectivity index (χ4n) is 2.98. The van der Waals surface area contributed by atoms with Gasteiger partial charge >= 0.3 is 5.97 Å². The molecule has 25 heavy (non-hydrogen) atoms. The SMILES string of the molecule is CCCCCCCCCCCCCCCCCCOC(=O)/C(C)=C/O. The largest absolute Gasteiger partial charge is 0.515 e. The average molecular weight is 355 g/mol. The maximum atomic E-state index is 11.3. The molecule has 0 aliphatic carbocycles. The van der Waals surface area contributed by atoms with Crippen molar-refractivity contribution in [2.75, 3.05) is 6.61 Å². The van der Waals surface area contributed by atoms with E-state index in [1.54, 1.807) is 6.92 Å². The molecule has 0 rings (SSSR count). The summed E-state index contributed by atoms with van der Waals surface area (Å²) in [6, 6.07) is 0. The lowest BCUT2D eigenvalue weighted by molar-refractivity contribution is -0.139. The van der Waals surface area contributed by atoms with Crippen LogP contribution >= 0.6 is 0 Å². The monoisotopic (exact) mass is 354 g/mol. The van der Waals surface area contributed by atoms with Crippen molar-refractivity contribution in [3.63, 3.8) is 0 Å². The second-order valence-electron chi connectivity index (χ2n) is 7.25. The van der Waals surface area contributed by atoms with Crippen LogP contribution in [0.15, 0.2) is 11.8 Å². The van der Waals surface area contributed by atoms with Gasteiger partial charge in [0.25, 0.3) is 0 Å². The smallest absolute Gasteiger partial charge is 0.336 e. The van der Waals surface area contributed by atoms with Crippen molar-refractivity contribution in [1.29, 1.82) is 0 Å². The number of ether oxygens (including phenoxy) is 1. The van der Waals surface area contributed by atoms with Crippen LogP contribution in [0.2, 0.25) is 0 Å². The Hall–Kier alpha value is -0.990. The highest BCUT2D eigenvalue weighted by Gasteiger charge is 2.04. The van der Waals surface area contributed by atoms with Crippen molar-refractivity contribution in [2.24, 2.45) is 0 Å². The van der Waals surface area contributed by atoms with Crippen LogP contribution < -0.4 is 0 Å². The number of hydrogen-bond acceptors (Lipinski definition) is 3. The minimum Gasteiger partial charge on any atom is -0.515 e. The number of aliphatic hydroxyl groups excluding tert-OH is 1. The molecule has 0 aromatic rings. The Morgan fingerprint density at radius 3 is 1.44 bits per heavy atom. The molecular weight excluding hydrogens is 312 g/mol. The van der Waals surface area contributed by atoms with E-state index in [0.29, 0.717) is 6.61 Å². The van der Waals surface area contributed by atoms with Crippen molar-refractivity contribution in [1.82, 2.24) is 0 Å². The third-order valence-electron chi connectivity index (χ3n) is 4.75. The van der Waals surface area contributed by atoms with Crippen LogP contribution in [0.4, 0.5) is 0 Å². The third kappa shape index (κ3) is 17.6. The summed E-state index contributed by atoms with van der Waals surface area (Å²) >= 11 is 0. The van der Waals surface area contributed by atoms with Gasteiger partial charge in [-0.1, -0.05) is 103 Å². The highest BCUT2D eigenvalue weighted by molar-refractivity contribution is 5.87. The van der Waals surface area contributed by atoms with Crippen molar-refractivity contribution >= 4 is 5.97 Å². The van der Waals surface area contributed by atoms with Gasteiger partial charge in [0.2, 0.25) is 0 Å². The van der Waals surface area contributed by atoms with Crippen molar-refractivity contribution in [3.8, 4) is 0 Å². The second-order valence-corrected chi connectivity index (χ2v) is 7.25. The fraction of sp³-hybridized carbons (Fsp3) is 0.864. The normalized spacial score (nSPS) is 11.7. The summed E-state index contributed by atoms with van der Waals surface area (Å²) in [6.07, 6.45) is 22.2. The van der Waals surface area contributed by atoms with Crippen LogP contribution in [0.5, 0.6) is 0 Å². The van der Waals surface area contributed by atoms with E-state index in [0.717, 1.165) is 19.1 Å². The number of carbonyl (C=O) groups is 1. The second kappa shape index (κ2) is 19.3. The Balaban J connectivity index is 3.11. The van der Waals surface area contributed by atoms with E-state index in [1.807, 2.05) is 0 Å². The molecule has 0 spiro atoms. The highest BCUT2D eigenvalue weighted by Crippen LogP contribution is 2.13. The molecule has 0 radical (unpaired) electrons. The number of esters is 1. The van der Waals surface area contributed by atoms with E-state index < -0.39 is 5.97 Å². The molecular formula is C22H42O3. The predicted molar refractivity (Wildman–Crippen MR) is 107 cm³/mol. The van der Waals surface area contributed by atoms with E-state index in [9.17, 15) is 4.79 Å². The first-order valence-corrected chi connectivity index (χ1v) is 10.7. The lowest BCUT2D eigenvalue weighted by Crippen LogP contribution is -2.07. The van der Waals surface area contributed by atoms with Crippen LogP contribution in [0.25, 0.3) is 0 Å². The van der Waals surface area contributed by atoms with Gasteiger partial charge in [0.15, 0.2) is 0 Å². The summed E-state index contributed by atoms with van der Waals surface area (Å²) in [5.74, 6) is -0.413. The van der Waals surface area contributed by atoms with Crippen LogP contribution in [0, 0.1) is 0 Å².